The molecule has 1 aliphatic rings. The van der Waals surface area contributed by atoms with E-state index in [4.69, 9.17) is 4.74 Å². The van der Waals surface area contributed by atoms with Crippen LogP contribution in [0.2, 0.25) is 0 Å². The van der Waals surface area contributed by atoms with E-state index in [0.717, 1.165) is 55.1 Å². The molecular weight excluding hydrogens is 423 g/mol. The third-order valence-corrected chi connectivity index (χ3v) is 6.02. The zero-order valence-electron chi connectivity index (χ0n) is 17.5. The van der Waals surface area contributed by atoms with Gasteiger partial charge in [-0.2, -0.15) is 13.2 Å². The van der Waals surface area contributed by atoms with Gasteiger partial charge in [0.2, 0.25) is 0 Å². The van der Waals surface area contributed by atoms with Gasteiger partial charge in [-0.15, -0.1) is 11.8 Å². The highest BCUT2D eigenvalue weighted by Crippen LogP contribution is 2.32. The number of thioether (sulfide) groups is 1. The Balaban J connectivity index is 1.80. The first kappa shape index (κ1) is 23.3. The van der Waals surface area contributed by atoms with Crippen molar-refractivity contribution in [2.75, 3.05) is 25.4 Å². The molecule has 166 valence electrons. The number of halogens is 3. The van der Waals surface area contributed by atoms with Crippen LogP contribution in [0, 0.1) is 0 Å². The quantitative estimate of drug-likeness (QED) is 0.350. The Kier molecular flexibility index (Phi) is 8.07. The van der Waals surface area contributed by atoms with Crippen LogP contribution >= 0.6 is 11.8 Å². The lowest BCUT2D eigenvalue weighted by Crippen LogP contribution is -2.25. The van der Waals surface area contributed by atoms with Gasteiger partial charge in [-0.1, -0.05) is 12.1 Å². The van der Waals surface area contributed by atoms with Gasteiger partial charge in [0.1, 0.15) is 5.75 Å². The highest BCUT2D eigenvalue weighted by molar-refractivity contribution is 8.00. The number of rotatable bonds is 8. The average Bonchev–Trinajstić information content (AvgIpc) is 2.77. The Morgan fingerprint density at radius 3 is 2.45 bits per heavy atom. The average molecular weight is 450 g/mol. The van der Waals surface area contributed by atoms with Gasteiger partial charge < -0.3 is 9.64 Å². The van der Waals surface area contributed by atoms with Crippen molar-refractivity contribution in [2.45, 2.75) is 37.3 Å². The van der Waals surface area contributed by atoms with E-state index in [0.29, 0.717) is 17.7 Å². The number of carbonyl (C=O) groups is 1. The molecule has 2 aromatic carbocycles. The predicted molar refractivity (Wildman–Crippen MR) is 118 cm³/mol. The van der Waals surface area contributed by atoms with Gasteiger partial charge in [-0.25, -0.2) is 0 Å². The summed E-state index contributed by atoms with van der Waals surface area (Å²) in [6.07, 6.45) is 0.454. The molecule has 31 heavy (non-hydrogen) atoms. The maximum absolute atomic E-state index is 13.2. The molecule has 0 amide bonds. The molecule has 1 aliphatic heterocycles. The lowest BCUT2D eigenvalue weighted by Gasteiger charge is -2.26. The van der Waals surface area contributed by atoms with Gasteiger partial charge in [0.05, 0.1) is 17.9 Å². The lowest BCUT2D eigenvalue weighted by molar-refractivity contribution is -0.137. The summed E-state index contributed by atoms with van der Waals surface area (Å²) in [7, 11) is 0. The minimum Gasteiger partial charge on any atom is -0.494 e. The van der Waals surface area contributed by atoms with Crippen LogP contribution in [0.4, 0.5) is 13.2 Å². The summed E-state index contributed by atoms with van der Waals surface area (Å²) in [6.45, 7) is 4.10. The van der Waals surface area contributed by atoms with Gasteiger partial charge in [-0.05, 0) is 68.1 Å². The van der Waals surface area contributed by atoms with Crippen molar-refractivity contribution >= 4 is 23.1 Å². The number of hydrogen-bond donors (Lipinski definition) is 0. The first-order valence-corrected chi connectivity index (χ1v) is 11.4. The molecule has 0 radical (unpaired) electrons. The van der Waals surface area contributed by atoms with E-state index < -0.39 is 11.7 Å². The summed E-state index contributed by atoms with van der Waals surface area (Å²) < 4.78 is 45.1. The molecule has 0 aromatic heterocycles. The number of allylic oxidation sites excluding steroid dienone is 1. The normalized spacial score (nSPS) is 15.1. The van der Waals surface area contributed by atoms with Crippen LogP contribution in [0.15, 0.2) is 59.6 Å². The largest absolute Gasteiger partial charge is 0.494 e. The fraction of sp³-hybridized carbons (Fsp3) is 0.375. The molecular formula is C24H26F3NO2S. The molecule has 1 fully saturated rings. The second-order valence-corrected chi connectivity index (χ2v) is 8.38. The molecule has 3 nitrogen and oxygen atoms in total. The van der Waals surface area contributed by atoms with Crippen LogP contribution in [-0.4, -0.2) is 36.1 Å². The van der Waals surface area contributed by atoms with E-state index in [2.05, 4.69) is 0 Å². The molecule has 7 heteroatoms. The minimum atomic E-state index is -4.45. The monoisotopic (exact) mass is 449 g/mol. The number of carbonyl (C=O) groups excluding carboxylic acids is 1. The number of Topliss-reactive ketones (excluding diaryl/α,β-unsaturated/α-hetero) is 1. The fourth-order valence-electron chi connectivity index (χ4n) is 3.43. The molecule has 0 atom stereocenters. The van der Waals surface area contributed by atoms with Crippen molar-refractivity contribution in [2.24, 2.45) is 0 Å². The molecule has 0 bridgehead atoms. The molecule has 0 N–H and O–H groups in total. The summed E-state index contributed by atoms with van der Waals surface area (Å²) >= 11 is 1.36. The Morgan fingerprint density at radius 1 is 1.10 bits per heavy atom. The minimum absolute atomic E-state index is 0.143. The molecule has 1 heterocycles. The van der Waals surface area contributed by atoms with Crippen LogP contribution in [0.5, 0.6) is 5.75 Å². The first-order chi connectivity index (χ1) is 14.9. The molecule has 2 aromatic rings. The zero-order chi connectivity index (χ0) is 22.3. The second kappa shape index (κ2) is 10.8. The van der Waals surface area contributed by atoms with Gasteiger partial charge in [0.25, 0.3) is 0 Å². The molecule has 0 spiro atoms. The highest BCUT2D eigenvalue weighted by Gasteiger charge is 2.31. The Bertz CT molecular complexity index is 904. The fourth-order valence-corrected chi connectivity index (χ4v) is 4.21. The summed E-state index contributed by atoms with van der Waals surface area (Å²) in [5.74, 6) is 0.709. The Hall–Kier alpha value is -2.41. The number of nitrogens with zero attached hydrogens (tertiary/aromatic N) is 1. The zero-order valence-corrected chi connectivity index (χ0v) is 18.3. The number of benzene rings is 2. The number of hydrogen-bond acceptors (Lipinski definition) is 4. The summed E-state index contributed by atoms with van der Waals surface area (Å²) in [4.78, 5) is 16.0. The maximum Gasteiger partial charge on any atom is 0.416 e. The molecule has 0 saturated carbocycles. The van der Waals surface area contributed by atoms with Crippen LogP contribution in [0.3, 0.4) is 0 Å². The van der Waals surface area contributed by atoms with Gasteiger partial charge in [0.15, 0.2) is 5.78 Å². The summed E-state index contributed by atoms with van der Waals surface area (Å²) in [6, 6.07) is 12.5. The van der Waals surface area contributed by atoms with Crippen molar-refractivity contribution in [1.82, 2.24) is 4.90 Å². The van der Waals surface area contributed by atoms with Crippen LogP contribution in [0.1, 0.15) is 37.3 Å². The summed E-state index contributed by atoms with van der Waals surface area (Å²) in [5, 5.41) is 0. The maximum atomic E-state index is 13.2. The number of likely N-dealkylation sites (tertiary alicyclic amines) is 1. The molecule has 0 aliphatic carbocycles. The highest BCUT2D eigenvalue weighted by atomic mass is 32.2. The smallest absolute Gasteiger partial charge is 0.416 e. The van der Waals surface area contributed by atoms with E-state index in [-0.39, 0.29) is 11.5 Å². The number of alkyl halides is 3. The molecule has 1 saturated heterocycles. The van der Waals surface area contributed by atoms with E-state index in [1.165, 1.54) is 17.8 Å². The number of ether oxygens (including phenoxy) is 1. The van der Waals surface area contributed by atoms with Gasteiger partial charge in [0, 0.05) is 29.8 Å². The van der Waals surface area contributed by atoms with Crippen LogP contribution < -0.4 is 4.74 Å². The summed E-state index contributed by atoms with van der Waals surface area (Å²) in [5.41, 5.74) is -0.120. The number of ketones is 1. The van der Waals surface area contributed by atoms with Crippen LogP contribution in [-0.2, 0) is 11.0 Å². The third-order valence-electron chi connectivity index (χ3n) is 5.01. The molecule has 0 unspecified atom stereocenters. The van der Waals surface area contributed by atoms with E-state index in [9.17, 15) is 18.0 Å². The number of piperidine rings is 1. The lowest BCUT2D eigenvalue weighted by atomic mass is 10.00. The molecule has 3 rings (SSSR count). The topological polar surface area (TPSA) is 29.5 Å². The van der Waals surface area contributed by atoms with Gasteiger partial charge >= 0.3 is 6.18 Å². The van der Waals surface area contributed by atoms with Crippen molar-refractivity contribution in [3.05, 3.63) is 65.9 Å². The Labute approximate surface area is 185 Å². The van der Waals surface area contributed by atoms with Crippen LogP contribution in [0.25, 0.3) is 5.57 Å². The van der Waals surface area contributed by atoms with Crippen molar-refractivity contribution in [3.63, 3.8) is 0 Å². The first-order valence-electron chi connectivity index (χ1n) is 10.4. The van der Waals surface area contributed by atoms with Crippen molar-refractivity contribution in [3.8, 4) is 5.75 Å². The second-order valence-electron chi connectivity index (χ2n) is 7.33. The predicted octanol–water partition coefficient (Wildman–Crippen LogP) is 6.29. The van der Waals surface area contributed by atoms with E-state index in [1.54, 1.807) is 12.3 Å². The third kappa shape index (κ3) is 6.79. The standard InChI is InChI=1S/C24H26F3NO2S/c1-2-30-20-9-11-21(12-10-20)31-17-23(29)22(16-28-13-4-3-5-14-28)18-7-6-8-19(15-18)24(25,26)27/h6-12,15-16H,2-5,13-14,17H2,1H3. The van der Waals surface area contributed by atoms with Gasteiger partial charge in [-0.3, -0.25) is 4.79 Å². The van der Waals surface area contributed by atoms with E-state index >= 15 is 0 Å². The Morgan fingerprint density at radius 2 is 1.81 bits per heavy atom. The van der Waals surface area contributed by atoms with E-state index in [1.807, 2.05) is 36.1 Å². The van der Waals surface area contributed by atoms with Crippen molar-refractivity contribution < 1.29 is 22.7 Å². The van der Waals surface area contributed by atoms with Crippen molar-refractivity contribution in [1.29, 1.82) is 0 Å². The SMILES string of the molecule is CCOc1ccc(SCC(=O)C(=CN2CCCCC2)c2cccc(C(F)(F)F)c2)cc1.